The van der Waals surface area contributed by atoms with Crippen molar-refractivity contribution in [2.75, 3.05) is 0 Å². The Hall–Kier alpha value is -2.17. The molecular formula is C14H11F2N3O3S2. The van der Waals surface area contributed by atoms with Gasteiger partial charge in [0.25, 0.3) is 0 Å². The zero-order valence-electron chi connectivity index (χ0n) is 12.5. The fourth-order valence-corrected chi connectivity index (χ4v) is 3.62. The van der Waals surface area contributed by atoms with Gasteiger partial charge in [-0.25, -0.2) is 27.3 Å². The lowest BCUT2D eigenvalue weighted by molar-refractivity contribution is 0.400. The van der Waals surface area contributed by atoms with Gasteiger partial charge in [0.15, 0.2) is 5.69 Å². The zero-order valence-corrected chi connectivity index (χ0v) is 14.1. The molecule has 10 heteroatoms. The quantitative estimate of drug-likeness (QED) is 0.763. The van der Waals surface area contributed by atoms with E-state index in [2.05, 4.69) is 10.1 Å². The molecule has 24 heavy (non-hydrogen) atoms. The Morgan fingerprint density at radius 3 is 2.50 bits per heavy atom. The van der Waals surface area contributed by atoms with Gasteiger partial charge < -0.3 is 4.52 Å². The molecule has 0 bridgehead atoms. The summed E-state index contributed by atoms with van der Waals surface area (Å²) in [6.45, 7) is 3.32. The number of sulfonamides is 1. The molecular weight excluding hydrogens is 360 g/mol. The minimum Gasteiger partial charge on any atom is -0.360 e. The number of benzene rings is 1. The molecule has 0 fully saturated rings. The maximum Gasteiger partial charge on any atom is 0.241 e. The Balaban J connectivity index is 2.24. The maximum absolute atomic E-state index is 14.4. The first kappa shape index (κ1) is 16.7. The molecule has 126 valence electrons. The number of nitrogens with zero attached hydrogens (tertiary/aromatic N) is 2. The van der Waals surface area contributed by atoms with E-state index < -0.39 is 26.6 Å². The van der Waals surface area contributed by atoms with Gasteiger partial charge in [0.05, 0.1) is 5.56 Å². The van der Waals surface area contributed by atoms with E-state index >= 15 is 0 Å². The molecule has 0 aliphatic carbocycles. The van der Waals surface area contributed by atoms with Gasteiger partial charge in [-0.2, -0.15) is 0 Å². The van der Waals surface area contributed by atoms with E-state index in [9.17, 15) is 17.2 Å². The average Bonchev–Trinajstić information content (AvgIpc) is 3.06. The smallest absolute Gasteiger partial charge is 0.241 e. The van der Waals surface area contributed by atoms with Crippen molar-refractivity contribution in [2.45, 2.75) is 18.7 Å². The van der Waals surface area contributed by atoms with Crippen LogP contribution in [0.1, 0.15) is 11.5 Å². The van der Waals surface area contributed by atoms with E-state index in [1.165, 1.54) is 18.3 Å². The van der Waals surface area contributed by atoms with Crippen LogP contribution in [0.4, 0.5) is 8.78 Å². The predicted molar refractivity (Wildman–Crippen MR) is 83.8 cm³/mol. The van der Waals surface area contributed by atoms with E-state index in [0.717, 1.165) is 11.8 Å². The number of primary sulfonamides is 1. The summed E-state index contributed by atoms with van der Waals surface area (Å²) < 4.78 is 56.2. The molecule has 0 radical (unpaired) electrons. The Kier molecular flexibility index (Phi) is 3.98. The third-order valence-electron chi connectivity index (χ3n) is 3.28. The summed E-state index contributed by atoms with van der Waals surface area (Å²) in [7, 11) is -4.37. The monoisotopic (exact) mass is 371 g/mol. The normalized spacial score (nSPS) is 11.9. The van der Waals surface area contributed by atoms with Gasteiger partial charge in [0, 0.05) is 16.6 Å². The molecule has 1 aromatic carbocycles. The largest absolute Gasteiger partial charge is 0.360 e. The van der Waals surface area contributed by atoms with Crippen molar-refractivity contribution in [3.8, 4) is 21.8 Å². The average molecular weight is 371 g/mol. The zero-order chi connectivity index (χ0) is 17.6. The molecule has 0 spiro atoms. The lowest BCUT2D eigenvalue weighted by Gasteiger charge is -2.07. The van der Waals surface area contributed by atoms with Crippen LogP contribution < -0.4 is 5.14 Å². The van der Waals surface area contributed by atoms with Crippen molar-refractivity contribution in [2.24, 2.45) is 5.14 Å². The van der Waals surface area contributed by atoms with Crippen molar-refractivity contribution in [1.29, 1.82) is 0 Å². The van der Waals surface area contributed by atoms with Crippen molar-refractivity contribution < 1.29 is 21.7 Å². The highest BCUT2D eigenvalue weighted by Crippen LogP contribution is 2.38. The van der Waals surface area contributed by atoms with Crippen molar-refractivity contribution in [1.82, 2.24) is 10.1 Å². The molecule has 3 aromatic rings. The molecule has 0 unspecified atom stereocenters. The highest BCUT2D eigenvalue weighted by atomic mass is 32.2. The van der Waals surface area contributed by atoms with Crippen LogP contribution in [0.15, 0.2) is 26.9 Å². The molecule has 0 amide bonds. The van der Waals surface area contributed by atoms with Crippen LogP contribution in [0.3, 0.4) is 0 Å². The van der Waals surface area contributed by atoms with E-state index in [1.807, 2.05) is 0 Å². The fourth-order valence-electron chi connectivity index (χ4n) is 2.24. The second-order valence-corrected chi connectivity index (χ2v) is 7.45. The highest BCUT2D eigenvalue weighted by molar-refractivity contribution is 7.89. The first-order valence-corrected chi connectivity index (χ1v) is 9.02. The molecule has 0 atom stereocenters. The lowest BCUT2D eigenvalue weighted by Crippen LogP contribution is -2.14. The SMILES string of the molecule is Cc1csc(-c2noc(C)c2-c2cc(F)c(S(N)(=O)=O)cc2F)n1. The second kappa shape index (κ2) is 5.72. The van der Waals surface area contributed by atoms with Crippen LogP contribution in [0, 0.1) is 25.5 Å². The van der Waals surface area contributed by atoms with Gasteiger partial charge >= 0.3 is 0 Å². The Morgan fingerprint density at radius 1 is 1.21 bits per heavy atom. The number of halogens is 2. The molecule has 2 aromatic heterocycles. The molecule has 0 aliphatic heterocycles. The molecule has 0 saturated carbocycles. The number of hydrogen-bond donors (Lipinski definition) is 1. The van der Waals surface area contributed by atoms with E-state index in [1.54, 1.807) is 12.3 Å². The van der Waals surface area contributed by atoms with Gasteiger partial charge in [-0.1, -0.05) is 5.16 Å². The number of rotatable bonds is 3. The summed E-state index contributed by atoms with van der Waals surface area (Å²) in [5.41, 5.74) is 1.04. The minimum absolute atomic E-state index is 0.179. The van der Waals surface area contributed by atoms with Gasteiger partial charge in [-0.3, -0.25) is 0 Å². The van der Waals surface area contributed by atoms with Crippen LogP contribution in [0.5, 0.6) is 0 Å². The summed E-state index contributed by atoms with van der Waals surface area (Å²) >= 11 is 1.28. The first-order valence-electron chi connectivity index (χ1n) is 6.59. The predicted octanol–water partition coefficient (Wildman–Crippen LogP) is 3.01. The third-order valence-corrected chi connectivity index (χ3v) is 5.17. The number of nitrogens with two attached hydrogens (primary N) is 1. The first-order chi connectivity index (χ1) is 11.2. The second-order valence-electron chi connectivity index (χ2n) is 5.06. The van der Waals surface area contributed by atoms with Crippen LogP contribution in [0.25, 0.3) is 21.8 Å². The van der Waals surface area contributed by atoms with Crippen molar-refractivity contribution in [3.05, 3.63) is 40.6 Å². The van der Waals surface area contributed by atoms with Crippen LogP contribution >= 0.6 is 11.3 Å². The summed E-state index contributed by atoms with van der Waals surface area (Å²) in [5.74, 6) is -1.86. The van der Waals surface area contributed by atoms with Crippen LogP contribution in [-0.2, 0) is 10.0 Å². The molecule has 0 saturated heterocycles. The van der Waals surface area contributed by atoms with Gasteiger partial charge in [-0.15, -0.1) is 11.3 Å². The number of aromatic nitrogens is 2. The Labute approximate surface area is 140 Å². The summed E-state index contributed by atoms with van der Waals surface area (Å²) in [4.78, 5) is 3.34. The van der Waals surface area contributed by atoms with Gasteiger partial charge in [0.2, 0.25) is 10.0 Å². The van der Waals surface area contributed by atoms with E-state index in [0.29, 0.717) is 11.1 Å². The number of thiazole rings is 1. The van der Waals surface area contributed by atoms with E-state index in [4.69, 9.17) is 9.66 Å². The summed E-state index contributed by atoms with van der Waals surface area (Å²) in [5, 5.41) is 11.0. The van der Waals surface area contributed by atoms with Gasteiger partial charge in [0.1, 0.15) is 27.3 Å². The topological polar surface area (TPSA) is 99.1 Å². The standard InChI is InChI=1S/C14H11F2N3O3S2/c1-6-5-23-14(18-6)13-12(7(2)22-19-13)8-3-10(16)11(4-9(8)15)24(17,20)21/h3-5H,1-2H3,(H2,17,20,21). The summed E-state index contributed by atoms with van der Waals surface area (Å²) in [6.07, 6.45) is 0. The maximum atomic E-state index is 14.4. The molecule has 2 heterocycles. The van der Waals surface area contributed by atoms with E-state index in [-0.39, 0.29) is 22.6 Å². The molecule has 3 rings (SSSR count). The fraction of sp³-hybridized carbons (Fsp3) is 0.143. The Morgan fingerprint density at radius 2 is 1.92 bits per heavy atom. The van der Waals surface area contributed by atoms with Crippen LogP contribution in [-0.4, -0.2) is 18.6 Å². The lowest BCUT2D eigenvalue weighted by atomic mass is 10.0. The molecule has 6 nitrogen and oxygen atoms in total. The van der Waals surface area contributed by atoms with Crippen molar-refractivity contribution in [3.63, 3.8) is 0 Å². The minimum atomic E-state index is -4.37. The van der Waals surface area contributed by atoms with Crippen LogP contribution in [0.2, 0.25) is 0 Å². The summed E-state index contributed by atoms with van der Waals surface area (Å²) in [6, 6.07) is 1.31. The Bertz CT molecular complexity index is 1040. The number of aryl methyl sites for hydroxylation is 2. The third kappa shape index (κ3) is 2.83. The number of hydrogen-bond acceptors (Lipinski definition) is 6. The van der Waals surface area contributed by atoms with Crippen molar-refractivity contribution >= 4 is 21.4 Å². The molecule has 0 aliphatic rings. The van der Waals surface area contributed by atoms with Gasteiger partial charge in [-0.05, 0) is 26.0 Å². The molecule has 2 N–H and O–H groups in total. The highest BCUT2D eigenvalue weighted by Gasteiger charge is 2.25.